The summed E-state index contributed by atoms with van der Waals surface area (Å²) in [6, 6.07) is 11.1. The number of carbonyl (C=O) groups is 1. The van der Waals surface area contributed by atoms with Gasteiger partial charge < -0.3 is 5.32 Å². The van der Waals surface area contributed by atoms with E-state index in [1.54, 1.807) is 24.3 Å². The van der Waals surface area contributed by atoms with Crippen LogP contribution in [-0.2, 0) is 10.0 Å². The summed E-state index contributed by atoms with van der Waals surface area (Å²) in [4.78, 5) is 12.3. The maximum absolute atomic E-state index is 12.3. The molecule has 23 heavy (non-hydrogen) atoms. The number of benzene rings is 2. The van der Waals surface area contributed by atoms with Crippen molar-refractivity contribution in [3.05, 3.63) is 58.1 Å². The number of sulfonamides is 1. The summed E-state index contributed by atoms with van der Waals surface area (Å²) in [5, 5.41) is 3.29. The van der Waals surface area contributed by atoms with Gasteiger partial charge in [-0.3, -0.25) is 9.10 Å². The molecule has 0 aliphatic heterocycles. The number of nitrogens with zero attached hydrogens (tertiary/aromatic N) is 1. The molecule has 0 bridgehead atoms. The summed E-state index contributed by atoms with van der Waals surface area (Å²) in [6.07, 6.45) is 1.09. The molecule has 0 spiro atoms. The van der Waals surface area contributed by atoms with Crippen molar-refractivity contribution >= 4 is 50.5 Å². The van der Waals surface area contributed by atoms with Crippen LogP contribution in [0, 0.1) is 0 Å². The van der Waals surface area contributed by atoms with Gasteiger partial charge in [-0.2, -0.15) is 0 Å². The van der Waals surface area contributed by atoms with Crippen LogP contribution < -0.4 is 9.62 Å². The van der Waals surface area contributed by atoms with Gasteiger partial charge in [-0.05, 0) is 30.3 Å². The summed E-state index contributed by atoms with van der Waals surface area (Å²) in [5.74, 6) is -0.419. The highest BCUT2D eigenvalue weighted by atomic mass is 35.5. The van der Waals surface area contributed by atoms with Crippen molar-refractivity contribution in [3.8, 4) is 0 Å². The third-order valence-electron chi connectivity index (χ3n) is 3.17. The minimum absolute atomic E-state index is 0.265. The van der Waals surface area contributed by atoms with E-state index in [1.165, 1.54) is 25.2 Å². The van der Waals surface area contributed by atoms with E-state index in [1.807, 2.05) is 0 Å². The second-order valence-electron chi connectivity index (χ2n) is 4.83. The summed E-state index contributed by atoms with van der Waals surface area (Å²) in [6.45, 7) is 0. The SMILES string of the molecule is CN(c1ccccc1NC(=O)c1ccc(Cl)c(Cl)c1)S(C)(=O)=O. The average Bonchev–Trinajstić information content (AvgIpc) is 2.49. The van der Waals surface area contributed by atoms with E-state index >= 15 is 0 Å². The first-order valence-electron chi connectivity index (χ1n) is 6.49. The number of carbonyl (C=O) groups excluding carboxylic acids is 1. The van der Waals surface area contributed by atoms with Crippen LogP contribution in [0.1, 0.15) is 10.4 Å². The van der Waals surface area contributed by atoms with E-state index in [-0.39, 0.29) is 5.02 Å². The summed E-state index contributed by atoms with van der Waals surface area (Å²) >= 11 is 11.7. The second-order valence-corrected chi connectivity index (χ2v) is 7.66. The fourth-order valence-electron chi connectivity index (χ4n) is 1.86. The fraction of sp³-hybridized carbons (Fsp3) is 0.133. The lowest BCUT2D eigenvalue weighted by Crippen LogP contribution is -2.26. The minimum Gasteiger partial charge on any atom is -0.320 e. The molecule has 0 aliphatic rings. The molecule has 2 rings (SSSR count). The van der Waals surface area contributed by atoms with Crippen LogP contribution in [-0.4, -0.2) is 27.6 Å². The Morgan fingerprint density at radius 1 is 1.09 bits per heavy atom. The predicted molar refractivity (Wildman–Crippen MR) is 94.1 cm³/mol. The molecule has 2 aromatic rings. The summed E-state index contributed by atoms with van der Waals surface area (Å²) < 4.78 is 24.5. The molecular weight excluding hydrogens is 359 g/mol. The molecule has 0 fully saturated rings. The zero-order valence-electron chi connectivity index (χ0n) is 12.4. The van der Waals surface area contributed by atoms with E-state index in [4.69, 9.17) is 23.2 Å². The molecule has 0 atom stereocenters. The van der Waals surface area contributed by atoms with Crippen molar-refractivity contribution in [2.24, 2.45) is 0 Å². The molecule has 0 heterocycles. The first kappa shape index (κ1) is 17.6. The smallest absolute Gasteiger partial charge is 0.255 e. The normalized spacial score (nSPS) is 11.1. The van der Waals surface area contributed by atoms with E-state index in [0.717, 1.165) is 10.6 Å². The molecule has 2 aromatic carbocycles. The maximum Gasteiger partial charge on any atom is 0.255 e. The molecule has 5 nitrogen and oxygen atoms in total. The number of hydrogen-bond donors (Lipinski definition) is 1. The van der Waals surface area contributed by atoms with E-state index in [2.05, 4.69) is 5.32 Å². The lowest BCUT2D eigenvalue weighted by molar-refractivity contribution is 0.102. The van der Waals surface area contributed by atoms with Crippen LogP contribution >= 0.6 is 23.2 Å². The molecule has 1 amide bonds. The van der Waals surface area contributed by atoms with Crippen molar-refractivity contribution in [3.63, 3.8) is 0 Å². The Balaban J connectivity index is 2.33. The standard InChI is InChI=1S/C15H14Cl2N2O3S/c1-19(23(2,21)22)14-6-4-3-5-13(14)18-15(20)10-7-8-11(16)12(17)9-10/h3-9H,1-2H3,(H,18,20). The van der Waals surface area contributed by atoms with Crippen molar-refractivity contribution in [2.75, 3.05) is 22.9 Å². The molecule has 8 heteroatoms. The topological polar surface area (TPSA) is 66.5 Å². The van der Waals surface area contributed by atoms with Gasteiger partial charge in [-0.15, -0.1) is 0 Å². The Hall–Kier alpha value is -1.76. The van der Waals surface area contributed by atoms with Crippen LogP contribution in [0.5, 0.6) is 0 Å². The third kappa shape index (κ3) is 4.16. The summed E-state index contributed by atoms with van der Waals surface area (Å²) in [5.41, 5.74) is 1.05. The van der Waals surface area contributed by atoms with Crippen LogP contribution in [0.3, 0.4) is 0 Å². The van der Waals surface area contributed by atoms with Gasteiger partial charge in [0.1, 0.15) is 0 Å². The maximum atomic E-state index is 12.3. The highest BCUT2D eigenvalue weighted by Crippen LogP contribution is 2.28. The quantitative estimate of drug-likeness (QED) is 0.890. The van der Waals surface area contributed by atoms with Crippen molar-refractivity contribution < 1.29 is 13.2 Å². The Bertz CT molecular complexity index is 854. The Morgan fingerprint density at radius 2 is 1.74 bits per heavy atom. The number of nitrogens with one attached hydrogen (secondary N) is 1. The van der Waals surface area contributed by atoms with Crippen molar-refractivity contribution in [2.45, 2.75) is 0 Å². The van der Waals surface area contributed by atoms with Crippen LogP contribution in [0.4, 0.5) is 11.4 Å². The highest BCUT2D eigenvalue weighted by Gasteiger charge is 2.17. The predicted octanol–water partition coefficient (Wildman–Crippen LogP) is 3.64. The number of rotatable bonds is 4. The van der Waals surface area contributed by atoms with Crippen molar-refractivity contribution in [1.29, 1.82) is 0 Å². The number of anilines is 2. The molecular formula is C15H14Cl2N2O3S. The molecule has 0 saturated heterocycles. The van der Waals surface area contributed by atoms with Crippen LogP contribution in [0.25, 0.3) is 0 Å². The van der Waals surface area contributed by atoms with Gasteiger partial charge in [0.2, 0.25) is 10.0 Å². The number of para-hydroxylation sites is 2. The number of hydrogen-bond acceptors (Lipinski definition) is 3. The van der Waals surface area contributed by atoms with Gasteiger partial charge in [0.25, 0.3) is 5.91 Å². The zero-order chi connectivity index (χ0) is 17.2. The van der Waals surface area contributed by atoms with Crippen LogP contribution in [0.2, 0.25) is 10.0 Å². The fourth-order valence-corrected chi connectivity index (χ4v) is 2.68. The van der Waals surface area contributed by atoms with Gasteiger partial charge in [-0.25, -0.2) is 8.42 Å². The average molecular weight is 373 g/mol. The first-order valence-corrected chi connectivity index (χ1v) is 9.10. The molecule has 0 radical (unpaired) electrons. The molecule has 0 aromatic heterocycles. The first-order chi connectivity index (χ1) is 10.7. The number of amides is 1. The summed E-state index contributed by atoms with van der Waals surface area (Å²) in [7, 11) is -2.03. The van der Waals surface area contributed by atoms with Crippen molar-refractivity contribution in [1.82, 2.24) is 0 Å². The molecule has 122 valence electrons. The monoisotopic (exact) mass is 372 g/mol. The Morgan fingerprint density at radius 3 is 2.35 bits per heavy atom. The van der Waals surface area contributed by atoms with Crippen LogP contribution in [0.15, 0.2) is 42.5 Å². The van der Waals surface area contributed by atoms with E-state index in [0.29, 0.717) is 22.0 Å². The van der Waals surface area contributed by atoms with E-state index in [9.17, 15) is 13.2 Å². The lowest BCUT2D eigenvalue weighted by Gasteiger charge is -2.20. The zero-order valence-corrected chi connectivity index (χ0v) is 14.7. The Kier molecular flexibility index (Phi) is 5.19. The van der Waals surface area contributed by atoms with E-state index < -0.39 is 15.9 Å². The molecule has 0 saturated carbocycles. The lowest BCUT2D eigenvalue weighted by atomic mass is 10.2. The van der Waals surface area contributed by atoms with Gasteiger partial charge in [-0.1, -0.05) is 35.3 Å². The molecule has 0 unspecified atom stereocenters. The van der Waals surface area contributed by atoms with Gasteiger partial charge in [0, 0.05) is 12.6 Å². The molecule has 0 aliphatic carbocycles. The highest BCUT2D eigenvalue weighted by molar-refractivity contribution is 7.92. The van der Waals surface area contributed by atoms with Gasteiger partial charge in [0.05, 0.1) is 27.7 Å². The minimum atomic E-state index is -3.45. The van der Waals surface area contributed by atoms with Gasteiger partial charge >= 0.3 is 0 Å². The second kappa shape index (κ2) is 6.78. The third-order valence-corrected chi connectivity index (χ3v) is 5.10. The van der Waals surface area contributed by atoms with Gasteiger partial charge in [0.15, 0.2) is 0 Å². The Labute approximate surface area is 144 Å². The molecule has 1 N–H and O–H groups in total. The number of halogens is 2. The largest absolute Gasteiger partial charge is 0.320 e.